The Kier molecular flexibility index (Phi) is 4.66. The Labute approximate surface area is 163 Å². The fourth-order valence-electron chi connectivity index (χ4n) is 4.61. The maximum atomic E-state index is 13.0. The van der Waals surface area contributed by atoms with E-state index in [1.807, 2.05) is 20.2 Å². The van der Waals surface area contributed by atoms with Gasteiger partial charge in [0.15, 0.2) is 0 Å². The first-order valence-electron chi connectivity index (χ1n) is 9.68. The molecule has 2 heterocycles. The second kappa shape index (κ2) is 7.01. The van der Waals surface area contributed by atoms with Crippen LogP contribution in [-0.2, 0) is 9.59 Å². The van der Waals surface area contributed by atoms with Gasteiger partial charge in [-0.3, -0.25) is 29.4 Å². The van der Waals surface area contributed by atoms with E-state index < -0.39 is 23.8 Å². The molecule has 28 heavy (non-hydrogen) atoms. The van der Waals surface area contributed by atoms with Crippen LogP contribution < -0.4 is 15.5 Å². The highest BCUT2D eigenvalue weighted by Gasteiger charge is 2.44. The average Bonchev–Trinajstić information content (AvgIpc) is 3.25. The Morgan fingerprint density at radius 1 is 1.07 bits per heavy atom. The van der Waals surface area contributed by atoms with Crippen molar-refractivity contribution in [3.63, 3.8) is 0 Å². The lowest BCUT2D eigenvalue weighted by Gasteiger charge is -2.31. The molecule has 0 aromatic heterocycles. The summed E-state index contributed by atoms with van der Waals surface area (Å²) in [5, 5.41) is 5.56. The third kappa shape index (κ3) is 2.88. The highest BCUT2D eigenvalue weighted by molar-refractivity contribution is 6.23. The Hall–Kier alpha value is -2.74. The Balaban J connectivity index is 1.61. The Morgan fingerprint density at radius 2 is 1.82 bits per heavy atom. The zero-order valence-electron chi connectivity index (χ0n) is 16.0. The summed E-state index contributed by atoms with van der Waals surface area (Å²) >= 11 is 0. The number of anilines is 1. The summed E-state index contributed by atoms with van der Waals surface area (Å²) < 4.78 is 0. The molecule has 8 heteroatoms. The second-order valence-corrected chi connectivity index (χ2v) is 7.68. The van der Waals surface area contributed by atoms with E-state index in [0.29, 0.717) is 23.2 Å². The molecule has 0 spiro atoms. The summed E-state index contributed by atoms with van der Waals surface area (Å²) in [6.07, 6.45) is 3.59. The van der Waals surface area contributed by atoms with Crippen molar-refractivity contribution >= 4 is 29.3 Å². The molecule has 1 unspecified atom stereocenters. The maximum Gasteiger partial charge on any atom is 0.262 e. The van der Waals surface area contributed by atoms with Gasteiger partial charge in [-0.25, -0.2) is 0 Å². The molecular formula is C20H24N4O4. The normalized spacial score (nSPS) is 27.2. The van der Waals surface area contributed by atoms with Crippen molar-refractivity contribution in [2.24, 2.45) is 0 Å². The van der Waals surface area contributed by atoms with E-state index in [1.165, 1.54) is 0 Å². The van der Waals surface area contributed by atoms with Crippen molar-refractivity contribution in [3.05, 3.63) is 29.3 Å². The van der Waals surface area contributed by atoms with E-state index in [4.69, 9.17) is 0 Å². The number of likely N-dealkylation sites (N-methyl/N-ethyl adjacent to an activating group) is 2. The van der Waals surface area contributed by atoms with E-state index in [2.05, 4.69) is 15.5 Å². The standard InChI is InChI=1S/C20H24N4O4/c1-21-14-4-3-5-15(14)23(2)11-6-7-12-13(10-11)20(28)24(19(12)27)16-8-9-17(25)22-18(16)26/h6-7,10,14-16,21H,3-5,8-9H2,1-2H3,(H,22,25,26)/t14-,15+,16?/m0/s1. The van der Waals surface area contributed by atoms with Crippen LogP contribution in [0.15, 0.2) is 18.2 Å². The van der Waals surface area contributed by atoms with Gasteiger partial charge in [0.05, 0.1) is 11.1 Å². The number of hydrogen-bond acceptors (Lipinski definition) is 6. The zero-order chi connectivity index (χ0) is 20.0. The fraction of sp³-hybridized carbons (Fsp3) is 0.500. The monoisotopic (exact) mass is 384 g/mol. The molecular weight excluding hydrogens is 360 g/mol. The molecule has 2 N–H and O–H groups in total. The SMILES string of the molecule is CN[C@H]1CCC[C@H]1N(C)c1ccc2c(c1)C(=O)N(C1CCC(=O)NC1=O)C2=O. The van der Waals surface area contributed by atoms with Crippen LogP contribution >= 0.6 is 0 Å². The van der Waals surface area contributed by atoms with Crippen molar-refractivity contribution < 1.29 is 19.2 Å². The quantitative estimate of drug-likeness (QED) is 0.740. The molecule has 1 aliphatic carbocycles. The molecule has 1 saturated heterocycles. The first kappa shape index (κ1) is 18.6. The van der Waals surface area contributed by atoms with Crippen LogP contribution in [0.3, 0.4) is 0 Å². The van der Waals surface area contributed by atoms with E-state index in [1.54, 1.807) is 12.1 Å². The van der Waals surface area contributed by atoms with Crippen molar-refractivity contribution in [2.45, 2.75) is 50.2 Å². The Bertz CT molecular complexity index is 868. The molecule has 0 radical (unpaired) electrons. The average molecular weight is 384 g/mol. The fourth-order valence-corrected chi connectivity index (χ4v) is 4.61. The van der Waals surface area contributed by atoms with Crippen LogP contribution in [0.25, 0.3) is 0 Å². The number of benzene rings is 1. The van der Waals surface area contributed by atoms with Crippen LogP contribution in [-0.4, -0.2) is 60.7 Å². The first-order chi connectivity index (χ1) is 13.4. The second-order valence-electron chi connectivity index (χ2n) is 7.68. The predicted octanol–water partition coefficient (Wildman–Crippen LogP) is 0.665. The maximum absolute atomic E-state index is 13.0. The number of rotatable bonds is 4. The van der Waals surface area contributed by atoms with Gasteiger partial charge in [0.2, 0.25) is 11.8 Å². The van der Waals surface area contributed by atoms with Gasteiger partial charge in [-0.05, 0) is 50.9 Å². The third-order valence-electron chi connectivity index (χ3n) is 6.18. The number of carbonyl (C=O) groups excluding carboxylic acids is 4. The summed E-state index contributed by atoms with van der Waals surface area (Å²) in [5.41, 5.74) is 1.50. The van der Waals surface area contributed by atoms with Crippen molar-refractivity contribution in [2.75, 3.05) is 19.0 Å². The van der Waals surface area contributed by atoms with E-state index in [-0.39, 0.29) is 18.7 Å². The van der Waals surface area contributed by atoms with E-state index in [0.717, 1.165) is 29.8 Å². The molecule has 1 aromatic carbocycles. The molecule has 8 nitrogen and oxygen atoms in total. The van der Waals surface area contributed by atoms with E-state index >= 15 is 0 Å². The number of fused-ring (bicyclic) bond motifs is 1. The first-order valence-corrected chi connectivity index (χ1v) is 9.68. The number of carbonyl (C=O) groups is 4. The molecule has 1 saturated carbocycles. The van der Waals surface area contributed by atoms with Gasteiger partial charge in [0, 0.05) is 31.2 Å². The van der Waals surface area contributed by atoms with Crippen LogP contribution in [0.5, 0.6) is 0 Å². The van der Waals surface area contributed by atoms with Gasteiger partial charge in [-0.1, -0.05) is 0 Å². The van der Waals surface area contributed by atoms with Crippen LogP contribution in [0, 0.1) is 0 Å². The third-order valence-corrected chi connectivity index (χ3v) is 6.18. The molecule has 4 rings (SSSR count). The van der Waals surface area contributed by atoms with Gasteiger partial charge in [0.1, 0.15) is 6.04 Å². The van der Waals surface area contributed by atoms with Crippen LogP contribution in [0.1, 0.15) is 52.8 Å². The van der Waals surface area contributed by atoms with Crippen LogP contribution in [0.2, 0.25) is 0 Å². The number of piperidine rings is 1. The van der Waals surface area contributed by atoms with Gasteiger partial charge in [0.25, 0.3) is 11.8 Å². The molecule has 2 aliphatic heterocycles. The Morgan fingerprint density at radius 3 is 2.54 bits per heavy atom. The summed E-state index contributed by atoms with van der Waals surface area (Å²) in [7, 11) is 3.96. The van der Waals surface area contributed by atoms with Gasteiger partial charge in [-0.2, -0.15) is 0 Å². The molecule has 4 amide bonds. The molecule has 3 aliphatic rings. The molecule has 148 valence electrons. The number of hydrogen-bond donors (Lipinski definition) is 2. The number of nitrogens with one attached hydrogen (secondary N) is 2. The number of amides is 4. The lowest BCUT2D eigenvalue weighted by molar-refractivity contribution is -0.136. The zero-order valence-corrected chi connectivity index (χ0v) is 16.0. The summed E-state index contributed by atoms with van der Waals surface area (Å²) in [5.74, 6) is -1.91. The largest absolute Gasteiger partial charge is 0.370 e. The highest BCUT2D eigenvalue weighted by Crippen LogP contribution is 2.33. The highest BCUT2D eigenvalue weighted by atomic mass is 16.2. The van der Waals surface area contributed by atoms with Crippen molar-refractivity contribution in [3.8, 4) is 0 Å². The predicted molar refractivity (Wildman–Crippen MR) is 102 cm³/mol. The molecule has 2 fully saturated rings. The smallest absolute Gasteiger partial charge is 0.262 e. The van der Waals surface area contributed by atoms with E-state index in [9.17, 15) is 19.2 Å². The lowest BCUT2D eigenvalue weighted by Crippen LogP contribution is -2.54. The topological polar surface area (TPSA) is 98.8 Å². The van der Waals surface area contributed by atoms with Gasteiger partial charge < -0.3 is 10.2 Å². The van der Waals surface area contributed by atoms with Gasteiger partial charge >= 0.3 is 0 Å². The molecule has 0 bridgehead atoms. The lowest BCUT2D eigenvalue weighted by atomic mass is 10.0. The number of imide groups is 2. The van der Waals surface area contributed by atoms with Crippen LogP contribution in [0.4, 0.5) is 5.69 Å². The molecule has 3 atom stereocenters. The summed E-state index contributed by atoms with van der Waals surface area (Å²) in [6.45, 7) is 0. The number of nitrogens with zero attached hydrogens (tertiary/aromatic N) is 2. The van der Waals surface area contributed by atoms with Gasteiger partial charge in [-0.15, -0.1) is 0 Å². The minimum Gasteiger partial charge on any atom is -0.370 e. The minimum absolute atomic E-state index is 0.116. The van der Waals surface area contributed by atoms with Crippen molar-refractivity contribution in [1.82, 2.24) is 15.5 Å². The minimum atomic E-state index is -0.935. The summed E-state index contributed by atoms with van der Waals surface area (Å²) in [6, 6.07) is 5.03. The molecule has 1 aromatic rings. The summed E-state index contributed by atoms with van der Waals surface area (Å²) in [4.78, 5) is 52.4. The van der Waals surface area contributed by atoms with Crippen molar-refractivity contribution in [1.29, 1.82) is 0 Å².